The number of likely N-dealkylation sites (N-methyl/N-ethyl adjacent to an activating group) is 1. The molecule has 0 aromatic heterocycles. The number of carbonyl (C=O) groups excluding carboxylic acids is 9. The van der Waals surface area contributed by atoms with E-state index in [2.05, 4.69) is 40.9 Å². The first-order chi connectivity index (χ1) is 46.8. The van der Waals surface area contributed by atoms with Gasteiger partial charge in [0.1, 0.15) is 28.9 Å². The molecule has 2 rings (SSSR count). The standard InChI is InChI=1S/C36H54N8O4.C24H47N7O3.C12H23N3O2/c1-24(2)33(47)27(16-10-18-42-35(37)38)22-32(46)30(21-26-14-8-5-9-15-26)44-34(48)28(20-25-12-6-4-7-13-25)23-31(45)29(41-3)17-11-19-43-36(39)40;1-4-18(10-8-14-30-23(25)26)22(34)29-13-7-5-6-12-20(32)16-19(21(33)17(2)3)11-9-15-31-24(27)28;1-8(2)11(17)10(7-9(3)16)5-4-6-15-12(13)14/h4-9,12-15,24,27-30,41H,10-11,16-23H2,1-3H3,(H,44,48)(H4,37,38,42)(H4,39,40,43);17-19H,4-16H2,1-3H3,(H,29,34)(H4,25,26,30)(H4,27,28,31);8,10H,4-7H2,1-3H3,(H4,13,14,15). The average molecular weight is 1390 g/mol. The van der Waals surface area contributed by atoms with E-state index in [1.807, 2.05) is 109 Å². The number of nitrogens with zero attached hydrogens (tertiary/aromatic N) is 5. The van der Waals surface area contributed by atoms with E-state index in [0.717, 1.165) is 49.7 Å². The van der Waals surface area contributed by atoms with Gasteiger partial charge >= 0.3 is 0 Å². The Balaban J connectivity index is 0.00000163. The van der Waals surface area contributed by atoms with Crippen LogP contribution in [0.25, 0.3) is 0 Å². The lowest BCUT2D eigenvalue weighted by molar-refractivity contribution is -0.134. The van der Waals surface area contributed by atoms with Crippen LogP contribution < -0.4 is 73.3 Å². The average Bonchev–Trinajstić information content (AvgIpc) is 0.855. The van der Waals surface area contributed by atoms with Gasteiger partial charge in [0.25, 0.3) is 0 Å². The maximum atomic E-state index is 14.1. The first kappa shape index (κ1) is 90.4. The van der Waals surface area contributed by atoms with Gasteiger partial charge < -0.3 is 78.1 Å². The number of Topliss-reactive ketones (excluding diaryl/α,β-unsaturated/α-hetero) is 7. The molecule has 0 heterocycles. The normalized spacial score (nSPS) is 13.0. The van der Waals surface area contributed by atoms with Gasteiger partial charge in [0.15, 0.2) is 41.4 Å². The van der Waals surface area contributed by atoms with Gasteiger partial charge in [0.2, 0.25) is 11.8 Å². The molecule has 0 bridgehead atoms. The van der Waals surface area contributed by atoms with Crippen LogP contribution in [-0.4, -0.2) is 140 Å². The third kappa shape index (κ3) is 44.8. The smallest absolute Gasteiger partial charge is 0.224 e. The van der Waals surface area contributed by atoms with Crippen molar-refractivity contribution in [3.8, 4) is 0 Å². The SMILES string of the molecule is CC(=O)CC(CCCN=C(N)N)C(=O)C(C)C.CCC(CCCN=C(N)N)C(=O)NCCCCCC(=O)CC(CCCN=C(N)N)C(=O)C(C)C.CNC(CCCN=C(N)N)C(=O)CC(Cc1ccccc1)C(=O)NC(Cc1ccccc1)C(=O)CC(CCCN=C(N)N)C(=O)C(C)C. The minimum Gasteiger partial charge on any atom is -0.370 e. The van der Waals surface area contributed by atoms with Crippen LogP contribution in [0.1, 0.15) is 189 Å². The zero-order valence-corrected chi connectivity index (χ0v) is 60.8. The summed E-state index contributed by atoms with van der Waals surface area (Å²) in [6.07, 6.45) is 10.9. The Hall–Kier alpha value is -8.62. The second-order valence-corrected chi connectivity index (χ2v) is 26.2. The summed E-state index contributed by atoms with van der Waals surface area (Å²) in [4.78, 5) is 135. The third-order valence-electron chi connectivity index (χ3n) is 16.5. The van der Waals surface area contributed by atoms with E-state index in [-0.39, 0.29) is 137 Å². The van der Waals surface area contributed by atoms with E-state index in [9.17, 15) is 43.2 Å². The molecule has 0 fully saturated rings. The van der Waals surface area contributed by atoms with Crippen molar-refractivity contribution < 1.29 is 43.2 Å². The van der Waals surface area contributed by atoms with Gasteiger partial charge in [-0.2, -0.15) is 0 Å². The van der Waals surface area contributed by atoms with Crippen LogP contribution >= 0.6 is 0 Å². The van der Waals surface area contributed by atoms with Crippen LogP contribution in [0.15, 0.2) is 85.6 Å². The zero-order valence-electron chi connectivity index (χ0n) is 60.8. The van der Waals surface area contributed by atoms with Crippen LogP contribution in [0.4, 0.5) is 0 Å². The van der Waals surface area contributed by atoms with Gasteiger partial charge in [0, 0.05) is 119 Å². The predicted molar refractivity (Wildman–Crippen MR) is 398 cm³/mol. The fourth-order valence-electron chi connectivity index (χ4n) is 11.1. The van der Waals surface area contributed by atoms with Crippen LogP contribution in [0.5, 0.6) is 0 Å². The van der Waals surface area contributed by atoms with Crippen molar-refractivity contribution in [3.63, 3.8) is 0 Å². The summed E-state index contributed by atoms with van der Waals surface area (Å²) in [5.41, 5.74) is 55.2. The van der Waals surface area contributed by atoms with Gasteiger partial charge in [-0.25, -0.2) is 0 Å². The van der Waals surface area contributed by atoms with Crippen molar-refractivity contribution in [2.75, 3.05) is 46.3 Å². The number of amides is 2. The van der Waals surface area contributed by atoms with Crippen LogP contribution in [0.2, 0.25) is 0 Å². The summed E-state index contributed by atoms with van der Waals surface area (Å²) in [5.74, 6) is -2.39. The largest absolute Gasteiger partial charge is 0.370 e. The molecule has 27 heteroatoms. The molecule has 7 unspecified atom stereocenters. The lowest BCUT2D eigenvalue weighted by Crippen LogP contribution is -2.47. The summed E-state index contributed by atoms with van der Waals surface area (Å²) in [5, 5.41) is 9.04. The Morgan fingerprint density at radius 1 is 0.404 bits per heavy atom. The molecule has 556 valence electrons. The Kier molecular flexibility index (Phi) is 48.7. The lowest BCUT2D eigenvalue weighted by atomic mass is 9.84. The van der Waals surface area contributed by atoms with Crippen molar-refractivity contribution >= 4 is 82.1 Å². The number of guanidine groups is 5. The molecule has 0 spiro atoms. The Morgan fingerprint density at radius 2 is 0.768 bits per heavy atom. The molecule has 0 aliphatic heterocycles. The highest BCUT2D eigenvalue weighted by Crippen LogP contribution is 2.24. The fraction of sp³-hybridized carbons (Fsp3) is 0.639. The molecule has 0 radical (unpaired) electrons. The van der Waals surface area contributed by atoms with E-state index in [4.69, 9.17) is 57.3 Å². The number of hydrogen-bond donors (Lipinski definition) is 13. The number of unbranched alkanes of at least 4 members (excludes halogenated alkanes) is 2. The molecule has 7 atom stereocenters. The van der Waals surface area contributed by atoms with Crippen molar-refractivity contribution in [1.29, 1.82) is 0 Å². The highest BCUT2D eigenvalue weighted by Gasteiger charge is 2.33. The number of rotatable bonds is 51. The molecule has 0 aliphatic rings. The Morgan fingerprint density at radius 3 is 1.15 bits per heavy atom. The fourth-order valence-corrected chi connectivity index (χ4v) is 11.1. The summed E-state index contributed by atoms with van der Waals surface area (Å²) < 4.78 is 0. The van der Waals surface area contributed by atoms with Crippen molar-refractivity contribution in [2.24, 2.45) is 130 Å². The highest BCUT2D eigenvalue weighted by molar-refractivity contribution is 5.96. The lowest BCUT2D eigenvalue weighted by Gasteiger charge is -2.25. The van der Waals surface area contributed by atoms with E-state index in [1.165, 1.54) is 6.92 Å². The zero-order chi connectivity index (χ0) is 74.8. The number of hydrogen-bond acceptors (Lipinski definition) is 15. The number of carbonyl (C=O) groups is 9. The van der Waals surface area contributed by atoms with E-state index in [0.29, 0.717) is 110 Å². The van der Waals surface area contributed by atoms with Gasteiger partial charge in [0.05, 0.1) is 12.1 Å². The van der Waals surface area contributed by atoms with Gasteiger partial charge in [-0.1, -0.05) is 116 Å². The number of nitrogens with one attached hydrogen (secondary N) is 3. The molecule has 99 heavy (non-hydrogen) atoms. The molecule has 2 aromatic rings. The first-order valence-corrected chi connectivity index (χ1v) is 35.1. The minimum atomic E-state index is -0.895. The molecule has 2 amide bonds. The van der Waals surface area contributed by atoms with Crippen molar-refractivity contribution in [1.82, 2.24) is 16.0 Å². The van der Waals surface area contributed by atoms with Gasteiger partial charge in [-0.15, -0.1) is 0 Å². The molecule has 0 saturated carbocycles. The highest BCUT2D eigenvalue weighted by atomic mass is 16.2. The van der Waals surface area contributed by atoms with E-state index in [1.54, 1.807) is 7.05 Å². The molecule has 2 aromatic carbocycles. The number of aliphatic imine (C=N–C) groups is 5. The van der Waals surface area contributed by atoms with Gasteiger partial charge in [-0.05, 0) is 121 Å². The second kappa shape index (κ2) is 53.4. The summed E-state index contributed by atoms with van der Waals surface area (Å²) in [6.45, 7) is 17.4. The Bertz CT molecular complexity index is 2860. The van der Waals surface area contributed by atoms with Crippen LogP contribution in [0, 0.1) is 47.3 Å². The summed E-state index contributed by atoms with van der Waals surface area (Å²) in [6, 6.07) is 17.5. The second-order valence-electron chi connectivity index (χ2n) is 26.2. The minimum absolute atomic E-state index is 0.00706. The summed E-state index contributed by atoms with van der Waals surface area (Å²) in [7, 11) is 1.70. The molecule has 27 nitrogen and oxygen atoms in total. The van der Waals surface area contributed by atoms with Gasteiger partial charge in [-0.3, -0.25) is 63.3 Å². The number of benzene rings is 2. The van der Waals surface area contributed by atoms with Crippen molar-refractivity contribution in [3.05, 3.63) is 71.8 Å². The number of ketones is 7. The van der Waals surface area contributed by atoms with Crippen LogP contribution in [0.3, 0.4) is 0 Å². The molecule has 0 aliphatic carbocycles. The van der Waals surface area contributed by atoms with E-state index >= 15 is 0 Å². The topological polar surface area (TPSA) is 512 Å². The maximum Gasteiger partial charge on any atom is 0.224 e. The van der Waals surface area contributed by atoms with Crippen LogP contribution in [-0.2, 0) is 56.0 Å². The van der Waals surface area contributed by atoms with Crippen molar-refractivity contribution in [2.45, 2.75) is 202 Å². The molecule has 23 N–H and O–H groups in total. The maximum absolute atomic E-state index is 14.1. The molecular weight excluding hydrogens is 1260 g/mol. The Labute approximate surface area is 588 Å². The first-order valence-electron chi connectivity index (χ1n) is 35.1. The predicted octanol–water partition coefficient (Wildman–Crippen LogP) is 4.48. The summed E-state index contributed by atoms with van der Waals surface area (Å²) >= 11 is 0. The quantitative estimate of drug-likeness (QED) is 0.0246. The monoisotopic (exact) mass is 1380 g/mol. The van der Waals surface area contributed by atoms with E-state index < -0.39 is 29.8 Å². The number of nitrogens with two attached hydrogens (primary N) is 10. The molecular formula is C72H124N18O9. The third-order valence-corrected chi connectivity index (χ3v) is 16.5. The molecule has 0 saturated heterocycles.